The third-order valence-electron chi connectivity index (χ3n) is 5.60. The zero-order valence-corrected chi connectivity index (χ0v) is 19.1. The van der Waals surface area contributed by atoms with E-state index in [1.807, 2.05) is 56.3 Å². The molecule has 0 spiro atoms. The summed E-state index contributed by atoms with van der Waals surface area (Å²) in [5.74, 6) is 0.950. The second kappa shape index (κ2) is 10.1. The molecule has 2 amide bonds. The highest BCUT2D eigenvalue weighted by molar-refractivity contribution is 7.99. The number of carbonyl (C=O) groups is 2. The number of furan rings is 1. The number of anilines is 1. The second-order valence-electron chi connectivity index (χ2n) is 7.81. The maximum absolute atomic E-state index is 13.0. The summed E-state index contributed by atoms with van der Waals surface area (Å²) in [6.07, 6.45) is 0. The van der Waals surface area contributed by atoms with Gasteiger partial charge in [0.1, 0.15) is 5.76 Å². The molecule has 1 unspecified atom stereocenters. The van der Waals surface area contributed by atoms with Gasteiger partial charge in [-0.05, 0) is 50.2 Å². The van der Waals surface area contributed by atoms with Crippen LogP contribution in [0.5, 0.6) is 0 Å². The summed E-state index contributed by atoms with van der Waals surface area (Å²) < 4.78 is 5.46. The minimum absolute atomic E-state index is 0.0486. The maximum atomic E-state index is 13.0. The SMILES string of the molecule is Cc1ccc(C(=O)N2CCN(C(C)C(=O)Nc3ccccc3Sc3ccccc3)CC2)o1. The van der Waals surface area contributed by atoms with E-state index in [9.17, 15) is 9.59 Å². The van der Waals surface area contributed by atoms with E-state index in [-0.39, 0.29) is 17.9 Å². The molecule has 166 valence electrons. The van der Waals surface area contributed by atoms with Crippen molar-refractivity contribution in [1.29, 1.82) is 0 Å². The lowest BCUT2D eigenvalue weighted by molar-refractivity contribution is -0.121. The number of nitrogens with zero attached hydrogens (tertiary/aromatic N) is 2. The lowest BCUT2D eigenvalue weighted by Crippen LogP contribution is -2.54. The summed E-state index contributed by atoms with van der Waals surface area (Å²) in [5.41, 5.74) is 0.806. The van der Waals surface area contributed by atoms with Crippen LogP contribution in [-0.4, -0.2) is 53.8 Å². The highest BCUT2D eigenvalue weighted by Crippen LogP contribution is 2.33. The standard InChI is InChI=1S/C25H27N3O3S/c1-18-12-13-22(31-18)25(30)28-16-14-27(15-17-28)19(2)24(29)26-21-10-6-7-11-23(21)32-20-8-4-3-5-9-20/h3-13,19H,14-17H2,1-2H3,(H,26,29). The van der Waals surface area contributed by atoms with Gasteiger partial charge in [-0.15, -0.1) is 0 Å². The van der Waals surface area contributed by atoms with Crippen LogP contribution >= 0.6 is 11.8 Å². The van der Waals surface area contributed by atoms with Crippen LogP contribution in [0.4, 0.5) is 5.69 Å². The van der Waals surface area contributed by atoms with Crippen molar-refractivity contribution in [2.24, 2.45) is 0 Å². The van der Waals surface area contributed by atoms with E-state index in [0.29, 0.717) is 31.9 Å². The fraction of sp³-hybridized carbons (Fsp3) is 0.280. The Balaban J connectivity index is 1.34. The number of hydrogen-bond acceptors (Lipinski definition) is 5. The van der Waals surface area contributed by atoms with E-state index < -0.39 is 0 Å². The van der Waals surface area contributed by atoms with E-state index >= 15 is 0 Å². The molecule has 6 nitrogen and oxygen atoms in total. The molecule has 0 aliphatic carbocycles. The largest absolute Gasteiger partial charge is 0.456 e. The Morgan fingerprint density at radius 3 is 2.31 bits per heavy atom. The number of benzene rings is 2. The van der Waals surface area contributed by atoms with Crippen LogP contribution < -0.4 is 5.32 Å². The molecule has 1 aromatic heterocycles. The number of piperazine rings is 1. The van der Waals surface area contributed by atoms with Crippen molar-refractivity contribution >= 4 is 29.3 Å². The van der Waals surface area contributed by atoms with Gasteiger partial charge in [-0.25, -0.2) is 0 Å². The summed E-state index contributed by atoms with van der Waals surface area (Å²) in [7, 11) is 0. The Hall–Kier alpha value is -3.03. The van der Waals surface area contributed by atoms with E-state index in [4.69, 9.17) is 4.42 Å². The van der Waals surface area contributed by atoms with Crippen LogP contribution in [0.2, 0.25) is 0 Å². The first-order valence-electron chi connectivity index (χ1n) is 10.7. The number of para-hydroxylation sites is 1. The molecule has 0 radical (unpaired) electrons. The van der Waals surface area contributed by atoms with Gasteiger partial charge in [0.2, 0.25) is 5.91 Å². The molecule has 0 saturated carbocycles. The number of carbonyl (C=O) groups excluding carboxylic acids is 2. The molecular weight excluding hydrogens is 422 g/mol. The zero-order chi connectivity index (χ0) is 22.5. The van der Waals surface area contributed by atoms with Gasteiger partial charge >= 0.3 is 0 Å². The number of nitrogens with one attached hydrogen (secondary N) is 1. The molecule has 4 rings (SSSR count). The normalized spacial score (nSPS) is 15.4. The molecule has 1 aliphatic rings. The average Bonchev–Trinajstić information content (AvgIpc) is 3.26. The van der Waals surface area contributed by atoms with Gasteiger partial charge in [0.25, 0.3) is 5.91 Å². The molecule has 2 heterocycles. The molecule has 2 aromatic carbocycles. The Bertz CT molecular complexity index is 1070. The number of rotatable bonds is 6. The van der Waals surface area contributed by atoms with E-state index in [1.54, 1.807) is 28.8 Å². The Morgan fingerprint density at radius 1 is 0.938 bits per heavy atom. The molecule has 3 aromatic rings. The summed E-state index contributed by atoms with van der Waals surface area (Å²) in [4.78, 5) is 31.6. The fourth-order valence-corrected chi connectivity index (χ4v) is 4.62. The highest BCUT2D eigenvalue weighted by Gasteiger charge is 2.29. The van der Waals surface area contributed by atoms with Crippen molar-refractivity contribution in [2.45, 2.75) is 29.7 Å². The van der Waals surface area contributed by atoms with Crippen LogP contribution in [0.1, 0.15) is 23.2 Å². The van der Waals surface area contributed by atoms with Gasteiger partial charge in [0, 0.05) is 36.0 Å². The third kappa shape index (κ3) is 5.23. The van der Waals surface area contributed by atoms with Crippen LogP contribution in [0.25, 0.3) is 0 Å². The highest BCUT2D eigenvalue weighted by atomic mass is 32.2. The molecule has 1 N–H and O–H groups in total. The number of aryl methyl sites for hydroxylation is 1. The first kappa shape index (κ1) is 22.2. The van der Waals surface area contributed by atoms with Crippen molar-refractivity contribution in [2.75, 3.05) is 31.5 Å². The van der Waals surface area contributed by atoms with Gasteiger partial charge in [-0.2, -0.15) is 0 Å². The monoisotopic (exact) mass is 449 g/mol. The van der Waals surface area contributed by atoms with Gasteiger partial charge in [-0.3, -0.25) is 14.5 Å². The van der Waals surface area contributed by atoms with Crippen molar-refractivity contribution < 1.29 is 14.0 Å². The van der Waals surface area contributed by atoms with E-state index in [0.717, 1.165) is 21.2 Å². The second-order valence-corrected chi connectivity index (χ2v) is 8.93. The molecule has 1 saturated heterocycles. The maximum Gasteiger partial charge on any atom is 0.289 e. The number of hydrogen-bond donors (Lipinski definition) is 1. The van der Waals surface area contributed by atoms with E-state index in [1.165, 1.54) is 0 Å². The molecule has 1 aliphatic heterocycles. The van der Waals surface area contributed by atoms with Gasteiger partial charge in [0.05, 0.1) is 11.7 Å². The zero-order valence-electron chi connectivity index (χ0n) is 18.3. The molecule has 7 heteroatoms. The predicted molar refractivity (Wildman–Crippen MR) is 126 cm³/mol. The van der Waals surface area contributed by atoms with Gasteiger partial charge in [-0.1, -0.05) is 42.1 Å². The summed E-state index contributed by atoms with van der Waals surface area (Å²) in [5, 5.41) is 3.09. The fourth-order valence-electron chi connectivity index (χ4n) is 3.70. The molecular formula is C25H27N3O3S. The van der Waals surface area contributed by atoms with Gasteiger partial charge in [0.15, 0.2) is 5.76 Å². The topological polar surface area (TPSA) is 65.8 Å². The van der Waals surface area contributed by atoms with Crippen LogP contribution in [0, 0.1) is 6.92 Å². The van der Waals surface area contributed by atoms with E-state index in [2.05, 4.69) is 22.3 Å². The van der Waals surface area contributed by atoms with Crippen molar-refractivity contribution in [3.8, 4) is 0 Å². The summed E-state index contributed by atoms with van der Waals surface area (Å²) in [6, 6.07) is 21.2. The molecule has 32 heavy (non-hydrogen) atoms. The van der Waals surface area contributed by atoms with Crippen LogP contribution in [0.15, 0.2) is 80.9 Å². The third-order valence-corrected chi connectivity index (χ3v) is 6.68. The number of amides is 2. The Kier molecular flexibility index (Phi) is 6.97. The first-order chi connectivity index (χ1) is 15.5. The minimum atomic E-state index is -0.298. The van der Waals surface area contributed by atoms with Crippen molar-refractivity contribution in [1.82, 2.24) is 9.80 Å². The molecule has 1 atom stereocenters. The Labute approximate surface area is 192 Å². The summed E-state index contributed by atoms with van der Waals surface area (Å²) >= 11 is 1.63. The Morgan fingerprint density at radius 2 is 1.62 bits per heavy atom. The van der Waals surface area contributed by atoms with Crippen LogP contribution in [-0.2, 0) is 4.79 Å². The lowest BCUT2D eigenvalue weighted by atomic mass is 10.2. The quantitative estimate of drug-likeness (QED) is 0.599. The smallest absolute Gasteiger partial charge is 0.289 e. The molecule has 1 fully saturated rings. The molecule has 0 bridgehead atoms. The van der Waals surface area contributed by atoms with Gasteiger partial charge < -0.3 is 14.6 Å². The van der Waals surface area contributed by atoms with Crippen molar-refractivity contribution in [3.63, 3.8) is 0 Å². The predicted octanol–water partition coefficient (Wildman–Crippen LogP) is 4.52. The van der Waals surface area contributed by atoms with Crippen molar-refractivity contribution in [3.05, 3.63) is 78.3 Å². The lowest BCUT2D eigenvalue weighted by Gasteiger charge is -2.37. The summed E-state index contributed by atoms with van der Waals surface area (Å²) in [6.45, 7) is 6.15. The minimum Gasteiger partial charge on any atom is -0.456 e. The first-order valence-corrected chi connectivity index (χ1v) is 11.6. The average molecular weight is 450 g/mol. The van der Waals surface area contributed by atoms with Crippen LogP contribution in [0.3, 0.4) is 0 Å².